The molecule has 0 aromatic rings. The number of rotatable bonds is 2. The second kappa shape index (κ2) is 3.72. The minimum Gasteiger partial charge on any atom is -0.393 e. The number of hydrogen-bond donors (Lipinski definition) is 1. The van der Waals surface area contributed by atoms with Crippen LogP contribution in [-0.4, -0.2) is 35.1 Å². The molecule has 0 spiro atoms. The maximum absolute atomic E-state index is 11.1. The lowest BCUT2D eigenvalue weighted by Crippen LogP contribution is -2.28. The molecule has 2 unspecified atom stereocenters. The van der Waals surface area contributed by atoms with Crippen LogP contribution in [0, 0.1) is 5.92 Å². The molecule has 68 valence electrons. The molecular formula is C9H15NO2. The predicted octanol–water partition coefficient (Wildman–Crippen LogP) is 0.402. The van der Waals surface area contributed by atoms with Crippen molar-refractivity contribution in [2.75, 3.05) is 13.1 Å². The zero-order valence-corrected chi connectivity index (χ0v) is 7.36. The van der Waals surface area contributed by atoms with E-state index in [0.717, 1.165) is 13.0 Å². The third kappa shape index (κ3) is 1.85. The summed E-state index contributed by atoms with van der Waals surface area (Å²) in [6.07, 6.45) is 1.91. The van der Waals surface area contributed by atoms with Crippen molar-refractivity contribution in [3.05, 3.63) is 12.7 Å². The van der Waals surface area contributed by atoms with E-state index in [-0.39, 0.29) is 17.9 Å². The summed E-state index contributed by atoms with van der Waals surface area (Å²) < 4.78 is 0. The summed E-state index contributed by atoms with van der Waals surface area (Å²) in [5.74, 6) is 0.215. The highest BCUT2D eigenvalue weighted by Gasteiger charge is 2.27. The van der Waals surface area contributed by atoms with Crippen LogP contribution in [0.4, 0.5) is 0 Å². The van der Waals surface area contributed by atoms with E-state index in [1.165, 1.54) is 6.08 Å². The fourth-order valence-corrected chi connectivity index (χ4v) is 1.51. The van der Waals surface area contributed by atoms with Crippen molar-refractivity contribution in [3.63, 3.8) is 0 Å². The third-order valence-electron chi connectivity index (χ3n) is 2.39. The van der Waals surface area contributed by atoms with Gasteiger partial charge in [-0.3, -0.25) is 4.79 Å². The van der Waals surface area contributed by atoms with Crippen LogP contribution in [0.2, 0.25) is 0 Å². The second-order valence-corrected chi connectivity index (χ2v) is 3.28. The lowest BCUT2D eigenvalue weighted by Gasteiger charge is -2.15. The molecule has 0 saturated carbocycles. The molecule has 0 aliphatic carbocycles. The van der Waals surface area contributed by atoms with E-state index in [1.807, 2.05) is 0 Å². The molecule has 0 aromatic heterocycles. The summed E-state index contributed by atoms with van der Waals surface area (Å²) in [6.45, 7) is 6.61. The first-order chi connectivity index (χ1) is 5.65. The van der Waals surface area contributed by atoms with Crippen molar-refractivity contribution in [2.24, 2.45) is 5.92 Å². The van der Waals surface area contributed by atoms with Crippen LogP contribution in [0.15, 0.2) is 12.7 Å². The van der Waals surface area contributed by atoms with Crippen molar-refractivity contribution in [3.8, 4) is 0 Å². The summed E-state index contributed by atoms with van der Waals surface area (Å²) in [4.78, 5) is 12.8. The zero-order valence-electron chi connectivity index (χ0n) is 7.36. The van der Waals surface area contributed by atoms with E-state index in [4.69, 9.17) is 0 Å². The minimum atomic E-state index is -0.312. The van der Waals surface area contributed by atoms with Gasteiger partial charge in [-0.2, -0.15) is 0 Å². The number of likely N-dealkylation sites (tertiary alicyclic amines) is 1. The second-order valence-electron chi connectivity index (χ2n) is 3.28. The number of hydrogen-bond acceptors (Lipinski definition) is 2. The highest BCUT2D eigenvalue weighted by Crippen LogP contribution is 2.19. The molecule has 3 heteroatoms. The fourth-order valence-electron chi connectivity index (χ4n) is 1.51. The Morgan fingerprint density at radius 2 is 2.50 bits per heavy atom. The van der Waals surface area contributed by atoms with Crippen LogP contribution in [0.25, 0.3) is 0 Å². The monoisotopic (exact) mass is 169 g/mol. The topological polar surface area (TPSA) is 40.5 Å². The first-order valence-electron chi connectivity index (χ1n) is 4.24. The molecule has 1 aliphatic rings. The van der Waals surface area contributed by atoms with Crippen LogP contribution < -0.4 is 0 Å². The lowest BCUT2D eigenvalue weighted by atomic mass is 10.0. The van der Waals surface area contributed by atoms with Gasteiger partial charge in [0.05, 0.1) is 6.10 Å². The summed E-state index contributed by atoms with van der Waals surface area (Å²) in [6, 6.07) is 0. The van der Waals surface area contributed by atoms with E-state index in [0.29, 0.717) is 6.54 Å². The smallest absolute Gasteiger partial charge is 0.245 e. The summed E-state index contributed by atoms with van der Waals surface area (Å²) in [5, 5.41) is 9.26. The van der Waals surface area contributed by atoms with Gasteiger partial charge in [-0.25, -0.2) is 0 Å². The zero-order chi connectivity index (χ0) is 9.14. The summed E-state index contributed by atoms with van der Waals surface area (Å²) >= 11 is 0. The summed E-state index contributed by atoms with van der Waals surface area (Å²) in [7, 11) is 0. The van der Waals surface area contributed by atoms with E-state index in [2.05, 4.69) is 6.58 Å². The summed E-state index contributed by atoms with van der Waals surface area (Å²) in [5.41, 5.74) is 0. The quantitative estimate of drug-likeness (QED) is 0.608. The Hall–Kier alpha value is -0.830. The molecule has 1 heterocycles. The predicted molar refractivity (Wildman–Crippen MR) is 46.6 cm³/mol. The molecule has 0 aromatic carbocycles. The van der Waals surface area contributed by atoms with Crippen molar-refractivity contribution in [1.29, 1.82) is 0 Å². The Balaban J connectivity index is 2.45. The highest BCUT2D eigenvalue weighted by atomic mass is 16.3. The minimum absolute atomic E-state index is 0.0295. The Bertz CT molecular complexity index is 189. The Kier molecular flexibility index (Phi) is 2.87. The molecule has 1 amide bonds. The van der Waals surface area contributed by atoms with E-state index in [9.17, 15) is 9.90 Å². The maximum atomic E-state index is 11.1. The fraction of sp³-hybridized carbons (Fsp3) is 0.667. The van der Waals surface area contributed by atoms with Gasteiger partial charge in [-0.15, -0.1) is 0 Å². The molecule has 1 rings (SSSR count). The van der Waals surface area contributed by atoms with Gasteiger partial charge in [0.1, 0.15) is 0 Å². The number of nitrogens with zero attached hydrogens (tertiary/aromatic N) is 1. The SMILES string of the molecule is C=CC(=O)N1CCC(C(C)O)C1. The molecule has 1 saturated heterocycles. The van der Waals surface area contributed by atoms with Gasteiger partial charge >= 0.3 is 0 Å². The van der Waals surface area contributed by atoms with Gasteiger partial charge in [0.15, 0.2) is 0 Å². The highest BCUT2D eigenvalue weighted by molar-refractivity contribution is 5.87. The lowest BCUT2D eigenvalue weighted by molar-refractivity contribution is -0.125. The van der Waals surface area contributed by atoms with Crippen LogP contribution in [-0.2, 0) is 4.79 Å². The number of aliphatic hydroxyl groups is 1. The Labute approximate surface area is 72.7 Å². The van der Waals surface area contributed by atoms with Gasteiger partial charge in [0.2, 0.25) is 5.91 Å². The number of aliphatic hydroxyl groups excluding tert-OH is 1. The van der Waals surface area contributed by atoms with Gasteiger partial charge in [-0.05, 0) is 19.4 Å². The van der Waals surface area contributed by atoms with Crippen LogP contribution in [0.1, 0.15) is 13.3 Å². The first-order valence-corrected chi connectivity index (χ1v) is 4.24. The van der Waals surface area contributed by atoms with Crippen molar-refractivity contribution in [2.45, 2.75) is 19.4 Å². The average molecular weight is 169 g/mol. The average Bonchev–Trinajstić information content (AvgIpc) is 2.51. The number of carbonyl (C=O) groups excluding carboxylic acids is 1. The standard InChI is InChI=1S/C9H15NO2/c1-3-9(12)10-5-4-8(6-10)7(2)11/h3,7-8,11H,1,4-6H2,2H3. The van der Waals surface area contributed by atoms with Crippen LogP contribution in [0.5, 0.6) is 0 Å². The van der Waals surface area contributed by atoms with Gasteiger partial charge < -0.3 is 10.0 Å². The third-order valence-corrected chi connectivity index (χ3v) is 2.39. The van der Waals surface area contributed by atoms with Crippen molar-refractivity contribution >= 4 is 5.91 Å². The van der Waals surface area contributed by atoms with Crippen LogP contribution in [0.3, 0.4) is 0 Å². The Morgan fingerprint density at radius 3 is 2.92 bits per heavy atom. The molecular weight excluding hydrogens is 154 g/mol. The molecule has 1 N–H and O–H groups in total. The van der Waals surface area contributed by atoms with E-state index >= 15 is 0 Å². The van der Waals surface area contributed by atoms with Gasteiger partial charge in [0.25, 0.3) is 0 Å². The number of amides is 1. The molecule has 3 nitrogen and oxygen atoms in total. The molecule has 0 bridgehead atoms. The van der Waals surface area contributed by atoms with Crippen LogP contribution >= 0.6 is 0 Å². The first kappa shape index (κ1) is 9.26. The molecule has 1 aliphatic heterocycles. The van der Waals surface area contributed by atoms with Crippen molar-refractivity contribution in [1.82, 2.24) is 4.90 Å². The maximum Gasteiger partial charge on any atom is 0.245 e. The molecule has 1 fully saturated rings. The Morgan fingerprint density at radius 1 is 1.83 bits per heavy atom. The van der Waals surface area contributed by atoms with Gasteiger partial charge in [-0.1, -0.05) is 6.58 Å². The van der Waals surface area contributed by atoms with E-state index < -0.39 is 0 Å². The molecule has 2 atom stereocenters. The van der Waals surface area contributed by atoms with Crippen molar-refractivity contribution < 1.29 is 9.90 Å². The molecule has 12 heavy (non-hydrogen) atoms. The van der Waals surface area contributed by atoms with E-state index in [1.54, 1.807) is 11.8 Å². The normalized spacial score (nSPS) is 25.5. The van der Waals surface area contributed by atoms with Gasteiger partial charge in [0, 0.05) is 19.0 Å². The molecule has 0 radical (unpaired) electrons. The number of carbonyl (C=O) groups is 1. The largest absolute Gasteiger partial charge is 0.393 e.